The van der Waals surface area contributed by atoms with Crippen molar-refractivity contribution < 1.29 is 9.47 Å². The highest BCUT2D eigenvalue weighted by molar-refractivity contribution is 5.29. The second-order valence-corrected chi connectivity index (χ2v) is 7.78. The molecule has 2 rings (SSSR count). The van der Waals surface area contributed by atoms with E-state index in [1.165, 1.54) is 16.7 Å². The standard InChI is InChI=1S/C23H32O2/c1-19(2)16-25-17-21-11-8-12-22(15-21)23(3,4)18-24-14-13-20-9-6-5-7-10-20/h5-12,15,19H,13-14,16-18H2,1-4H3. The first kappa shape index (κ1) is 19.7. The van der Waals surface area contributed by atoms with Crippen molar-refractivity contribution in [2.75, 3.05) is 19.8 Å². The molecule has 0 aromatic heterocycles. The normalized spacial score (nSPS) is 11.9. The number of benzene rings is 2. The van der Waals surface area contributed by atoms with E-state index in [9.17, 15) is 0 Å². The first-order chi connectivity index (χ1) is 12.0. The van der Waals surface area contributed by atoms with Crippen molar-refractivity contribution in [1.82, 2.24) is 0 Å². The molecule has 0 aliphatic carbocycles. The topological polar surface area (TPSA) is 18.5 Å². The van der Waals surface area contributed by atoms with Crippen LogP contribution >= 0.6 is 0 Å². The van der Waals surface area contributed by atoms with Gasteiger partial charge in [-0.3, -0.25) is 0 Å². The molecule has 136 valence electrons. The summed E-state index contributed by atoms with van der Waals surface area (Å²) < 4.78 is 11.7. The third-order valence-electron chi connectivity index (χ3n) is 4.27. The summed E-state index contributed by atoms with van der Waals surface area (Å²) in [6.07, 6.45) is 0.958. The summed E-state index contributed by atoms with van der Waals surface area (Å²) in [5.41, 5.74) is 3.85. The van der Waals surface area contributed by atoms with E-state index in [0.717, 1.165) is 26.2 Å². The van der Waals surface area contributed by atoms with Crippen molar-refractivity contribution in [1.29, 1.82) is 0 Å². The molecular weight excluding hydrogens is 308 g/mol. The Morgan fingerprint density at radius 2 is 1.60 bits per heavy atom. The highest BCUT2D eigenvalue weighted by Crippen LogP contribution is 2.25. The van der Waals surface area contributed by atoms with Gasteiger partial charge < -0.3 is 9.47 Å². The van der Waals surface area contributed by atoms with Gasteiger partial charge in [0.1, 0.15) is 0 Å². The fourth-order valence-electron chi connectivity index (χ4n) is 2.74. The lowest BCUT2D eigenvalue weighted by atomic mass is 9.85. The van der Waals surface area contributed by atoms with Gasteiger partial charge in [-0.15, -0.1) is 0 Å². The zero-order valence-electron chi connectivity index (χ0n) is 16.1. The Hall–Kier alpha value is -1.64. The maximum atomic E-state index is 5.98. The first-order valence-corrected chi connectivity index (χ1v) is 9.26. The van der Waals surface area contributed by atoms with E-state index in [-0.39, 0.29) is 5.41 Å². The van der Waals surface area contributed by atoms with E-state index in [1.807, 2.05) is 6.07 Å². The Bertz CT molecular complexity index is 617. The Labute approximate surface area is 153 Å². The van der Waals surface area contributed by atoms with Crippen LogP contribution in [0, 0.1) is 5.92 Å². The largest absolute Gasteiger partial charge is 0.380 e. The number of rotatable bonds is 10. The third-order valence-corrected chi connectivity index (χ3v) is 4.27. The zero-order chi connectivity index (χ0) is 18.1. The Kier molecular flexibility index (Phi) is 7.67. The lowest BCUT2D eigenvalue weighted by Gasteiger charge is -2.26. The molecule has 0 aliphatic heterocycles. The molecule has 2 aromatic carbocycles. The highest BCUT2D eigenvalue weighted by atomic mass is 16.5. The van der Waals surface area contributed by atoms with Gasteiger partial charge in [-0.1, -0.05) is 82.3 Å². The van der Waals surface area contributed by atoms with Crippen molar-refractivity contribution in [3.05, 3.63) is 71.3 Å². The molecule has 2 heteroatoms. The summed E-state index contributed by atoms with van der Waals surface area (Å²) in [7, 11) is 0. The lowest BCUT2D eigenvalue weighted by molar-refractivity contribution is 0.0942. The molecule has 2 aromatic rings. The van der Waals surface area contributed by atoms with E-state index < -0.39 is 0 Å². The van der Waals surface area contributed by atoms with Gasteiger partial charge >= 0.3 is 0 Å². The Balaban J connectivity index is 1.83. The Morgan fingerprint density at radius 1 is 0.880 bits per heavy atom. The van der Waals surface area contributed by atoms with Crippen molar-refractivity contribution in [3.63, 3.8) is 0 Å². The maximum Gasteiger partial charge on any atom is 0.0717 e. The van der Waals surface area contributed by atoms with Gasteiger partial charge in [0.25, 0.3) is 0 Å². The van der Waals surface area contributed by atoms with Crippen LogP contribution in [0.15, 0.2) is 54.6 Å². The summed E-state index contributed by atoms with van der Waals surface area (Å²) in [4.78, 5) is 0. The third kappa shape index (κ3) is 7.01. The minimum atomic E-state index is -0.00918. The second kappa shape index (κ2) is 9.74. The van der Waals surface area contributed by atoms with Crippen molar-refractivity contribution in [2.24, 2.45) is 5.92 Å². The van der Waals surface area contributed by atoms with Crippen molar-refractivity contribution >= 4 is 0 Å². The van der Waals surface area contributed by atoms with Crippen LogP contribution in [0.3, 0.4) is 0 Å². The van der Waals surface area contributed by atoms with Crippen molar-refractivity contribution in [2.45, 2.75) is 46.1 Å². The fraction of sp³-hybridized carbons (Fsp3) is 0.478. The molecule has 0 amide bonds. The highest BCUT2D eigenvalue weighted by Gasteiger charge is 2.21. The molecule has 0 unspecified atom stereocenters. The van der Waals surface area contributed by atoms with Gasteiger partial charge in [-0.05, 0) is 29.0 Å². The minimum absolute atomic E-state index is 0.00918. The summed E-state index contributed by atoms with van der Waals surface area (Å²) in [5, 5.41) is 0. The predicted molar refractivity (Wildman–Crippen MR) is 105 cm³/mol. The quantitative estimate of drug-likeness (QED) is 0.539. The average molecular weight is 341 g/mol. The van der Waals surface area contributed by atoms with Gasteiger partial charge in [0.05, 0.1) is 19.8 Å². The molecule has 0 atom stereocenters. The number of hydrogen-bond donors (Lipinski definition) is 0. The van der Waals surface area contributed by atoms with Gasteiger partial charge in [0.2, 0.25) is 0 Å². The Morgan fingerprint density at radius 3 is 2.32 bits per heavy atom. The zero-order valence-corrected chi connectivity index (χ0v) is 16.1. The molecule has 0 saturated carbocycles. The minimum Gasteiger partial charge on any atom is -0.380 e. The SMILES string of the molecule is CC(C)COCc1cccc(C(C)(C)COCCc2ccccc2)c1. The van der Waals surface area contributed by atoms with Gasteiger partial charge in [0, 0.05) is 12.0 Å². The van der Waals surface area contributed by atoms with Crippen LogP contribution in [0.25, 0.3) is 0 Å². The molecule has 0 bridgehead atoms. The average Bonchev–Trinajstić information content (AvgIpc) is 2.60. The molecule has 2 nitrogen and oxygen atoms in total. The van der Waals surface area contributed by atoms with Crippen molar-refractivity contribution in [3.8, 4) is 0 Å². The summed E-state index contributed by atoms with van der Waals surface area (Å²) in [5.74, 6) is 0.567. The smallest absolute Gasteiger partial charge is 0.0717 e. The summed E-state index contributed by atoms with van der Waals surface area (Å²) >= 11 is 0. The van der Waals surface area contributed by atoms with E-state index in [1.54, 1.807) is 0 Å². The summed E-state index contributed by atoms with van der Waals surface area (Å²) in [6, 6.07) is 19.2. The van der Waals surface area contributed by atoms with Crippen LogP contribution in [-0.4, -0.2) is 19.8 Å². The monoisotopic (exact) mass is 340 g/mol. The van der Waals surface area contributed by atoms with Gasteiger partial charge in [0.15, 0.2) is 0 Å². The van der Waals surface area contributed by atoms with Crippen LogP contribution in [0.5, 0.6) is 0 Å². The molecule has 0 saturated heterocycles. The molecule has 0 aliphatic rings. The lowest BCUT2D eigenvalue weighted by Crippen LogP contribution is -2.25. The van der Waals surface area contributed by atoms with Crippen LogP contribution in [-0.2, 0) is 27.9 Å². The molecule has 0 spiro atoms. The number of ether oxygens (including phenoxy) is 2. The van der Waals surface area contributed by atoms with Crippen LogP contribution < -0.4 is 0 Å². The molecule has 0 radical (unpaired) electrons. The molecule has 0 heterocycles. The maximum absolute atomic E-state index is 5.98. The van der Waals surface area contributed by atoms with Gasteiger partial charge in [-0.25, -0.2) is 0 Å². The molecule has 0 N–H and O–H groups in total. The predicted octanol–water partition coefficient (Wildman–Crippen LogP) is 5.40. The van der Waals surface area contributed by atoms with E-state index in [0.29, 0.717) is 12.5 Å². The van der Waals surface area contributed by atoms with E-state index in [4.69, 9.17) is 9.47 Å². The van der Waals surface area contributed by atoms with Crippen LogP contribution in [0.2, 0.25) is 0 Å². The molecule has 0 fully saturated rings. The molecular formula is C23H32O2. The van der Waals surface area contributed by atoms with Gasteiger partial charge in [-0.2, -0.15) is 0 Å². The van der Waals surface area contributed by atoms with E-state index >= 15 is 0 Å². The number of hydrogen-bond acceptors (Lipinski definition) is 2. The first-order valence-electron chi connectivity index (χ1n) is 9.26. The summed E-state index contributed by atoms with van der Waals surface area (Å²) in [6.45, 7) is 11.8. The second-order valence-electron chi connectivity index (χ2n) is 7.78. The van der Waals surface area contributed by atoms with Crippen LogP contribution in [0.1, 0.15) is 44.4 Å². The van der Waals surface area contributed by atoms with E-state index in [2.05, 4.69) is 76.2 Å². The fourth-order valence-corrected chi connectivity index (χ4v) is 2.74. The molecule has 25 heavy (non-hydrogen) atoms. The van der Waals surface area contributed by atoms with Crippen LogP contribution in [0.4, 0.5) is 0 Å².